The molecule has 2 aliphatic rings. The zero-order valence-electron chi connectivity index (χ0n) is 10.7. The lowest BCUT2D eigenvalue weighted by Gasteiger charge is -2.30. The summed E-state index contributed by atoms with van der Waals surface area (Å²) in [6.45, 7) is 0.538. The number of amides is 2. The lowest BCUT2D eigenvalue weighted by molar-refractivity contribution is -0.147. The zero-order valence-corrected chi connectivity index (χ0v) is 10.7. The van der Waals surface area contributed by atoms with Crippen molar-refractivity contribution in [3.05, 3.63) is 0 Å². The van der Waals surface area contributed by atoms with Gasteiger partial charge in [0, 0.05) is 6.54 Å². The second kappa shape index (κ2) is 5.69. The van der Waals surface area contributed by atoms with E-state index < -0.39 is 18.1 Å². The Balaban J connectivity index is 1.99. The van der Waals surface area contributed by atoms with E-state index in [0.29, 0.717) is 13.0 Å². The van der Waals surface area contributed by atoms with Crippen LogP contribution in [0.15, 0.2) is 0 Å². The number of aliphatic hydroxyl groups is 1. The molecule has 0 radical (unpaired) electrons. The highest BCUT2D eigenvalue weighted by molar-refractivity contribution is 5.89. The summed E-state index contributed by atoms with van der Waals surface area (Å²) in [5, 5.41) is 10.2. The average molecular weight is 254 g/mol. The van der Waals surface area contributed by atoms with Crippen LogP contribution in [-0.2, 0) is 9.59 Å². The number of carbonyl (C=O) groups excluding carboxylic acids is 2. The first-order valence-corrected chi connectivity index (χ1v) is 6.89. The Morgan fingerprint density at radius 3 is 2.39 bits per heavy atom. The maximum atomic E-state index is 12.2. The van der Waals surface area contributed by atoms with Crippen molar-refractivity contribution >= 4 is 11.8 Å². The summed E-state index contributed by atoms with van der Waals surface area (Å²) < 4.78 is 0. The smallest absolute Gasteiger partial charge is 0.252 e. The Kier molecular flexibility index (Phi) is 4.22. The zero-order chi connectivity index (χ0) is 13.1. The molecule has 5 heteroatoms. The fraction of sp³-hybridized carbons (Fsp3) is 0.846. The number of nitrogens with zero attached hydrogens (tertiary/aromatic N) is 1. The molecule has 1 aliphatic heterocycles. The molecule has 2 atom stereocenters. The molecule has 2 rings (SSSR count). The standard InChI is InChI=1S/C13H22N2O3/c14-12(17)10-7-4-8-15(10)13(18)11(16)9-5-2-1-3-6-9/h9-11,16H,1-8H2,(H2,14,17)/t10-,11?/m1/s1. The number of hydrogen-bond donors (Lipinski definition) is 2. The van der Waals surface area contributed by atoms with E-state index in [-0.39, 0.29) is 11.8 Å². The predicted molar refractivity (Wildman–Crippen MR) is 66.5 cm³/mol. The van der Waals surface area contributed by atoms with E-state index in [0.717, 1.165) is 32.1 Å². The van der Waals surface area contributed by atoms with Crippen LogP contribution in [0, 0.1) is 5.92 Å². The van der Waals surface area contributed by atoms with Crippen LogP contribution in [0.2, 0.25) is 0 Å². The van der Waals surface area contributed by atoms with E-state index in [1.54, 1.807) is 0 Å². The number of nitrogens with two attached hydrogens (primary N) is 1. The van der Waals surface area contributed by atoms with Crippen LogP contribution in [-0.4, -0.2) is 40.5 Å². The van der Waals surface area contributed by atoms with Gasteiger partial charge in [0.15, 0.2) is 0 Å². The summed E-state index contributed by atoms with van der Waals surface area (Å²) in [5.74, 6) is -0.708. The first-order valence-electron chi connectivity index (χ1n) is 6.89. The van der Waals surface area contributed by atoms with Crippen LogP contribution in [0.4, 0.5) is 0 Å². The molecule has 5 nitrogen and oxygen atoms in total. The third kappa shape index (κ3) is 2.66. The van der Waals surface area contributed by atoms with Crippen molar-refractivity contribution < 1.29 is 14.7 Å². The Morgan fingerprint density at radius 1 is 1.11 bits per heavy atom. The second-order valence-electron chi connectivity index (χ2n) is 5.43. The van der Waals surface area contributed by atoms with Gasteiger partial charge in [-0.1, -0.05) is 19.3 Å². The van der Waals surface area contributed by atoms with Gasteiger partial charge in [-0.2, -0.15) is 0 Å². The van der Waals surface area contributed by atoms with Gasteiger partial charge in [-0.05, 0) is 31.6 Å². The van der Waals surface area contributed by atoms with Gasteiger partial charge in [-0.15, -0.1) is 0 Å². The Bertz CT molecular complexity index is 326. The van der Waals surface area contributed by atoms with Crippen molar-refractivity contribution in [1.82, 2.24) is 4.90 Å². The number of aliphatic hydroxyl groups excluding tert-OH is 1. The Morgan fingerprint density at radius 2 is 1.78 bits per heavy atom. The van der Waals surface area contributed by atoms with Crippen molar-refractivity contribution in [2.45, 2.75) is 57.1 Å². The fourth-order valence-electron chi connectivity index (χ4n) is 3.15. The van der Waals surface area contributed by atoms with E-state index in [9.17, 15) is 14.7 Å². The molecule has 1 aliphatic carbocycles. The molecule has 0 spiro atoms. The maximum Gasteiger partial charge on any atom is 0.252 e. The minimum Gasteiger partial charge on any atom is -0.383 e. The summed E-state index contributed by atoms with van der Waals surface area (Å²) in [7, 11) is 0. The molecule has 0 aromatic heterocycles. The number of likely N-dealkylation sites (tertiary alicyclic amines) is 1. The van der Waals surface area contributed by atoms with Gasteiger partial charge in [0.05, 0.1) is 0 Å². The Labute approximate surface area is 107 Å². The van der Waals surface area contributed by atoms with Gasteiger partial charge in [0.2, 0.25) is 5.91 Å². The molecule has 1 saturated heterocycles. The van der Waals surface area contributed by atoms with Crippen molar-refractivity contribution in [2.75, 3.05) is 6.54 Å². The Hall–Kier alpha value is -1.10. The van der Waals surface area contributed by atoms with Gasteiger partial charge in [0.25, 0.3) is 5.91 Å². The third-order valence-corrected chi connectivity index (χ3v) is 4.21. The molecule has 1 saturated carbocycles. The second-order valence-corrected chi connectivity index (χ2v) is 5.43. The predicted octanol–water partition coefficient (Wildman–Crippen LogP) is 0.404. The van der Waals surface area contributed by atoms with E-state index in [1.165, 1.54) is 11.3 Å². The lowest BCUT2D eigenvalue weighted by atomic mass is 9.85. The quantitative estimate of drug-likeness (QED) is 0.765. The molecule has 18 heavy (non-hydrogen) atoms. The normalized spacial score (nSPS) is 27.2. The molecule has 1 heterocycles. The SMILES string of the molecule is NC(=O)[C@H]1CCCN1C(=O)C(O)C1CCCCC1. The first kappa shape index (κ1) is 13.3. The third-order valence-electron chi connectivity index (χ3n) is 4.21. The van der Waals surface area contributed by atoms with Crippen molar-refractivity contribution in [2.24, 2.45) is 11.7 Å². The number of rotatable bonds is 3. The summed E-state index contributed by atoms with van der Waals surface area (Å²) in [6, 6.07) is -0.518. The molecule has 3 N–H and O–H groups in total. The molecule has 0 bridgehead atoms. The van der Waals surface area contributed by atoms with Crippen LogP contribution in [0.25, 0.3) is 0 Å². The summed E-state index contributed by atoms with van der Waals surface area (Å²) in [6.07, 6.45) is 5.61. The molecule has 0 aromatic rings. The van der Waals surface area contributed by atoms with Gasteiger partial charge >= 0.3 is 0 Å². The van der Waals surface area contributed by atoms with E-state index in [4.69, 9.17) is 5.73 Å². The molecule has 2 amide bonds. The van der Waals surface area contributed by atoms with Gasteiger partial charge in [0.1, 0.15) is 12.1 Å². The van der Waals surface area contributed by atoms with Crippen LogP contribution >= 0.6 is 0 Å². The maximum absolute atomic E-state index is 12.2. The van der Waals surface area contributed by atoms with E-state index >= 15 is 0 Å². The molecule has 0 aromatic carbocycles. The topological polar surface area (TPSA) is 83.6 Å². The monoisotopic (exact) mass is 254 g/mol. The summed E-state index contributed by atoms with van der Waals surface area (Å²) in [5.41, 5.74) is 5.29. The average Bonchev–Trinajstić information content (AvgIpc) is 2.87. The highest BCUT2D eigenvalue weighted by atomic mass is 16.3. The van der Waals surface area contributed by atoms with E-state index in [2.05, 4.69) is 0 Å². The van der Waals surface area contributed by atoms with Gasteiger partial charge in [-0.25, -0.2) is 0 Å². The molecule has 102 valence electrons. The summed E-state index contributed by atoms with van der Waals surface area (Å²) in [4.78, 5) is 25.0. The van der Waals surface area contributed by atoms with Crippen molar-refractivity contribution in [3.8, 4) is 0 Å². The largest absolute Gasteiger partial charge is 0.383 e. The molecule has 1 unspecified atom stereocenters. The van der Waals surface area contributed by atoms with Crippen LogP contribution < -0.4 is 5.73 Å². The van der Waals surface area contributed by atoms with Crippen molar-refractivity contribution in [1.29, 1.82) is 0 Å². The first-order chi connectivity index (χ1) is 8.61. The number of hydrogen-bond acceptors (Lipinski definition) is 3. The number of primary amides is 1. The lowest BCUT2D eigenvalue weighted by Crippen LogP contribution is -2.49. The van der Waals surface area contributed by atoms with Crippen molar-refractivity contribution in [3.63, 3.8) is 0 Å². The minimum atomic E-state index is -0.953. The highest BCUT2D eigenvalue weighted by Crippen LogP contribution is 2.28. The molecular weight excluding hydrogens is 232 g/mol. The van der Waals surface area contributed by atoms with Gasteiger partial charge < -0.3 is 15.7 Å². The van der Waals surface area contributed by atoms with Crippen LogP contribution in [0.5, 0.6) is 0 Å². The van der Waals surface area contributed by atoms with Crippen LogP contribution in [0.1, 0.15) is 44.9 Å². The minimum absolute atomic E-state index is 0.0559. The molecule has 2 fully saturated rings. The van der Waals surface area contributed by atoms with E-state index in [1.807, 2.05) is 0 Å². The van der Waals surface area contributed by atoms with Gasteiger partial charge in [-0.3, -0.25) is 9.59 Å². The summed E-state index contributed by atoms with van der Waals surface area (Å²) >= 11 is 0. The number of carbonyl (C=O) groups is 2. The molecular formula is C13H22N2O3. The van der Waals surface area contributed by atoms with Crippen LogP contribution in [0.3, 0.4) is 0 Å². The fourth-order valence-corrected chi connectivity index (χ4v) is 3.15. The highest BCUT2D eigenvalue weighted by Gasteiger charge is 2.38.